The van der Waals surface area contributed by atoms with E-state index in [4.69, 9.17) is 8.83 Å². The summed E-state index contributed by atoms with van der Waals surface area (Å²) in [6.07, 6.45) is 0. The number of oxazole rings is 1. The zero-order valence-electron chi connectivity index (χ0n) is 15.4. The van der Waals surface area contributed by atoms with Crippen molar-refractivity contribution in [1.29, 1.82) is 0 Å². The quantitative estimate of drug-likeness (QED) is 0.417. The van der Waals surface area contributed by atoms with Crippen molar-refractivity contribution in [2.45, 2.75) is 6.92 Å². The second-order valence-corrected chi connectivity index (χ2v) is 6.71. The fourth-order valence-corrected chi connectivity index (χ4v) is 3.30. The molecule has 0 saturated carbocycles. The number of carbonyl (C=O) groups excluding carboxylic acids is 1. The first-order valence-electron chi connectivity index (χ1n) is 9.04. The number of halogens is 1. The molecule has 5 rings (SSSR count). The molecule has 142 valence electrons. The number of carbonyl (C=O) groups is 1. The molecule has 0 spiro atoms. The number of para-hydroxylation sites is 1. The van der Waals surface area contributed by atoms with E-state index in [2.05, 4.69) is 10.3 Å². The highest BCUT2D eigenvalue weighted by atomic mass is 19.1. The molecule has 0 bridgehead atoms. The van der Waals surface area contributed by atoms with Gasteiger partial charge in [0.15, 0.2) is 11.3 Å². The number of aryl methyl sites for hydroxylation is 1. The summed E-state index contributed by atoms with van der Waals surface area (Å²) >= 11 is 0. The second kappa shape index (κ2) is 6.60. The number of hydrogen-bond acceptors (Lipinski definition) is 4. The maximum absolute atomic E-state index is 13.1. The molecule has 3 aromatic carbocycles. The van der Waals surface area contributed by atoms with Gasteiger partial charge in [0, 0.05) is 22.2 Å². The molecule has 0 atom stereocenters. The molecule has 0 unspecified atom stereocenters. The van der Waals surface area contributed by atoms with Crippen molar-refractivity contribution in [3.8, 4) is 11.5 Å². The molecule has 0 saturated heterocycles. The molecule has 1 N–H and O–H groups in total. The molecule has 2 aromatic heterocycles. The number of aromatic nitrogens is 1. The molecule has 5 nitrogen and oxygen atoms in total. The Bertz CT molecular complexity index is 1370. The van der Waals surface area contributed by atoms with E-state index in [1.807, 2.05) is 31.2 Å². The molecule has 1 amide bonds. The molecule has 0 aliphatic heterocycles. The highest BCUT2D eigenvalue weighted by Gasteiger charge is 2.18. The van der Waals surface area contributed by atoms with Gasteiger partial charge >= 0.3 is 0 Å². The second-order valence-electron chi connectivity index (χ2n) is 6.71. The van der Waals surface area contributed by atoms with Gasteiger partial charge in [0.1, 0.15) is 16.9 Å². The normalized spacial score (nSPS) is 11.2. The third-order valence-electron chi connectivity index (χ3n) is 4.79. The van der Waals surface area contributed by atoms with E-state index in [1.165, 1.54) is 12.1 Å². The molecule has 0 aliphatic carbocycles. The van der Waals surface area contributed by atoms with Gasteiger partial charge < -0.3 is 14.2 Å². The maximum atomic E-state index is 13.1. The van der Waals surface area contributed by atoms with Crippen LogP contribution in [-0.4, -0.2) is 10.9 Å². The van der Waals surface area contributed by atoms with Crippen molar-refractivity contribution in [1.82, 2.24) is 4.98 Å². The van der Waals surface area contributed by atoms with E-state index >= 15 is 0 Å². The van der Waals surface area contributed by atoms with Crippen LogP contribution in [0.25, 0.3) is 33.5 Å². The number of rotatable bonds is 3. The predicted molar refractivity (Wildman–Crippen MR) is 108 cm³/mol. The standard InChI is InChI=1S/C23H15FN2O3/c1-13-17-4-2-3-5-19(17)28-21(13)22(27)25-16-10-11-20-18(12-16)26-23(29-20)14-6-8-15(24)9-7-14/h2-12H,1H3,(H,25,27). The van der Waals surface area contributed by atoms with Crippen LogP contribution in [0.3, 0.4) is 0 Å². The Morgan fingerprint density at radius 3 is 2.55 bits per heavy atom. The average Bonchev–Trinajstić information content (AvgIpc) is 3.30. The highest BCUT2D eigenvalue weighted by molar-refractivity contribution is 6.07. The van der Waals surface area contributed by atoms with Gasteiger partial charge in [-0.05, 0) is 55.5 Å². The zero-order chi connectivity index (χ0) is 20.0. The molecule has 29 heavy (non-hydrogen) atoms. The van der Waals surface area contributed by atoms with Crippen molar-refractivity contribution in [2.75, 3.05) is 5.32 Å². The van der Waals surface area contributed by atoms with Crippen LogP contribution in [0.1, 0.15) is 16.1 Å². The van der Waals surface area contributed by atoms with Crippen LogP contribution < -0.4 is 5.32 Å². The lowest BCUT2D eigenvalue weighted by molar-refractivity contribution is 0.0998. The van der Waals surface area contributed by atoms with E-state index in [1.54, 1.807) is 30.3 Å². The fourth-order valence-electron chi connectivity index (χ4n) is 3.30. The summed E-state index contributed by atoms with van der Waals surface area (Å²) in [6.45, 7) is 1.86. The summed E-state index contributed by atoms with van der Waals surface area (Å²) in [6, 6.07) is 18.6. The van der Waals surface area contributed by atoms with Gasteiger partial charge in [0.2, 0.25) is 5.89 Å². The van der Waals surface area contributed by atoms with E-state index in [-0.39, 0.29) is 17.5 Å². The summed E-state index contributed by atoms with van der Waals surface area (Å²) in [5.41, 5.74) is 3.86. The first-order chi connectivity index (χ1) is 14.1. The largest absolute Gasteiger partial charge is 0.451 e. The van der Waals surface area contributed by atoms with Crippen molar-refractivity contribution >= 4 is 33.7 Å². The smallest absolute Gasteiger partial charge is 0.291 e. The van der Waals surface area contributed by atoms with E-state index in [0.717, 1.165) is 10.9 Å². The summed E-state index contributed by atoms with van der Waals surface area (Å²) < 4.78 is 24.6. The number of benzene rings is 3. The molecule has 0 fully saturated rings. The van der Waals surface area contributed by atoms with Crippen LogP contribution >= 0.6 is 0 Å². The summed E-state index contributed by atoms with van der Waals surface area (Å²) in [5.74, 6) is 0.00565. The number of fused-ring (bicyclic) bond motifs is 2. The molecule has 0 aliphatic rings. The third-order valence-corrected chi connectivity index (χ3v) is 4.79. The SMILES string of the molecule is Cc1c(C(=O)Nc2ccc3oc(-c4ccc(F)cc4)nc3c2)oc2ccccc12. The Hall–Kier alpha value is -3.93. The number of furan rings is 1. The van der Waals surface area contributed by atoms with Crippen LogP contribution in [0, 0.1) is 12.7 Å². The first-order valence-corrected chi connectivity index (χ1v) is 9.04. The first kappa shape index (κ1) is 17.2. The molecule has 2 heterocycles. The number of amides is 1. The minimum absolute atomic E-state index is 0.276. The number of nitrogens with one attached hydrogen (secondary N) is 1. The molecule has 6 heteroatoms. The number of nitrogens with zero attached hydrogens (tertiary/aromatic N) is 1. The minimum atomic E-state index is -0.333. The monoisotopic (exact) mass is 386 g/mol. The van der Waals surface area contributed by atoms with Gasteiger partial charge in [-0.3, -0.25) is 4.79 Å². The van der Waals surface area contributed by atoms with Crippen LogP contribution in [0.15, 0.2) is 75.6 Å². The van der Waals surface area contributed by atoms with Crippen molar-refractivity contribution in [2.24, 2.45) is 0 Å². The van der Waals surface area contributed by atoms with Gasteiger partial charge in [-0.2, -0.15) is 0 Å². The summed E-state index contributed by atoms with van der Waals surface area (Å²) in [4.78, 5) is 17.2. The van der Waals surface area contributed by atoms with Crippen LogP contribution in [0.5, 0.6) is 0 Å². The van der Waals surface area contributed by atoms with Crippen molar-refractivity contribution in [3.63, 3.8) is 0 Å². The van der Waals surface area contributed by atoms with Crippen LogP contribution in [0.4, 0.5) is 10.1 Å². The van der Waals surface area contributed by atoms with E-state index < -0.39 is 0 Å². The maximum Gasteiger partial charge on any atom is 0.291 e. The van der Waals surface area contributed by atoms with Crippen molar-refractivity contribution in [3.05, 3.63) is 83.9 Å². The summed E-state index contributed by atoms with van der Waals surface area (Å²) in [7, 11) is 0. The lowest BCUT2D eigenvalue weighted by atomic mass is 10.1. The highest BCUT2D eigenvalue weighted by Crippen LogP contribution is 2.28. The molecular weight excluding hydrogens is 371 g/mol. The van der Waals surface area contributed by atoms with E-state index in [9.17, 15) is 9.18 Å². The Labute approximate surface area is 164 Å². The van der Waals surface area contributed by atoms with Gasteiger partial charge in [0.25, 0.3) is 5.91 Å². The predicted octanol–water partition coefficient (Wildman–Crippen LogP) is 5.94. The average molecular weight is 386 g/mol. The molecular formula is C23H15FN2O3. The van der Waals surface area contributed by atoms with Gasteiger partial charge in [-0.15, -0.1) is 0 Å². The number of anilines is 1. The number of hydrogen-bond donors (Lipinski definition) is 1. The van der Waals surface area contributed by atoms with E-state index in [0.29, 0.717) is 33.8 Å². The lowest BCUT2D eigenvalue weighted by Gasteiger charge is -2.03. The van der Waals surface area contributed by atoms with Crippen LogP contribution in [-0.2, 0) is 0 Å². The van der Waals surface area contributed by atoms with Gasteiger partial charge in [-0.25, -0.2) is 9.37 Å². The van der Waals surface area contributed by atoms with Gasteiger partial charge in [0.05, 0.1) is 0 Å². The summed E-state index contributed by atoms with van der Waals surface area (Å²) in [5, 5.41) is 3.76. The minimum Gasteiger partial charge on any atom is -0.451 e. The Morgan fingerprint density at radius 1 is 0.966 bits per heavy atom. The molecule has 5 aromatic rings. The zero-order valence-corrected chi connectivity index (χ0v) is 15.4. The third kappa shape index (κ3) is 3.04. The Balaban J connectivity index is 1.45. The van der Waals surface area contributed by atoms with Gasteiger partial charge in [-0.1, -0.05) is 18.2 Å². The Kier molecular flexibility index (Phi) is 3.91. The lowest BCUT2D eigenvalue weighted by Crippen LogP contribution is -2.12. The van der Waals surface area contributed by atoms with Crippen molar-refractivity contribution < 1.29 is 18.0 Å². The van der Waals surface area contributed by atoms with Crippen LogP contribution in [0.2, 0.25) is 0 Å². The Morgan fingerprint density at radius 2 is 1.76 bits per heavy atom. The fraction of sp³-hybridized carbons (Fsp3) is 0.0435. The molecule has 0 radical (unpaired) electrons. The topological polar surface area (TPSA) is 68.3 Å².